The molecule has 0 unspecified atom stereocenters. The molecular formula is C10H9N3O4S. The summed E-state index contributed by atoms with van der Waals surface area (Å²) in [6.07, 6.45) is 0. The average molecular weight is 267 g/mol. The fourth-order valence-corrected chi connectivity index (χ4v) is 1.68. The maximum absolute atomic E-state index is 11.7. The summed E-state index contributed by atoms with van der Waals surface area (Å²) in [7, 11) is 2.78. The Kier molecular flexibility index (Phi) is 3.68. The third kappa shape index (κ3) is 2.72. The molecule has 0 radical (unpaired) electrons. The van der Waals surface area contributed by atoms with Gasteiger partial charge in [-0.05, 0) is 11.4 Å². The Hall–Kier alpha value is -2.22. The first-order chi connectivity index (χ1) is 8.72. The molecule has 0 saturated carbocycles. The molecule has 0 aliphatic rings. The summed E-state index contributed by atoms with van der Waals surface area (Å²) in [5, 5.41) is 1.77. The molecule has 0 aliphatic carbocycles. The second-order valence-electron chi connectivity index (χ2n) is 2.96. The number of esters is 1. The molecule has 18 heavy (non-hydrogen) atoms. The van der Waals surface area contributed by atoms with E-state index in [1.165, 1.54) is 25.6 Å². The first-order valence-electron chi connectivity index (χ1n) is 4.82. The lowest BCUT2D eigenvalue weighted by atomic mass is 10.5. The molecule has 0 spiro atoms. The van der Waals surface area contributed by atoms with Crippen LogP contribution in [0.2, 0.25) is 0 Å². The van der Waals surface area contributed by atoms with Gasteiger partial charge in [0, 0.05) is 0 Å². The number of thiophene rings is 1. The second kappa shape index (κ2) is 5.41. The number of aromatic nitrogens is 3. The van der Waals surface area contributed by atoms with Gasteiger partial charge < -0.3 is 14.2 Å². The smallest absolute Gasteiger partial charge is 0.356 e. The SMILES string of the molecule is COc1nc(OC)nc(OC(=O)c2cccs2)n1. The van der Waals surface area contributed by atoms with E-state index in [-0.39, 0.29) is 18.0 Å². The van der Waals surface area contributed by atoms with E-state index in [1.807, 2.05) is 0 Å². The zero-order valence-electron chi connectivity index (χ0n) is 9.61. The van der Waals surface area contributed by atoms with E-state index < -0.39 is 5.97 Å². The fourth-order valence-electron chi connectivity index (χ4n) is 1.08. The molecule has 2 rings (SSSR count). The Morgan fingerprint density at radius 2 is 1.72 bits per heavy atom. The maximum atomic E-state index is 11.7. The van der Waals surface area contributed by atoms with Crippen molar-refractivity contribution < 1.29 is 19.0 Å². The van der Waals surface area contributed by atoms with Gasteiger partial charge in [0.15, 0.2) is 0 Å². The number of hydrogen-bond acceptors (Lipinski definition) is 8. The van der Waals surface area contributed by atoms with E-state index in [0.29, 0.717) is 4.88 Å². The Bertz CT molecular complexity index is 522. The highest BCUT2D eigenvalue weighted by Crippen LogP contribution is 2.16. The van der Waals surface area contributed by atoms with Crippen molar-refractivity contribution in [3.05, 3.63) is 22.4 Å². The standard InChI is InChI=1S/C10H9N3O4S/c1-15-8-11-9(16-2)13-10(12-8)17-7(14)6-4-3-5-18-6/h3-5H,1-2H3. The number of carbonyl (C=O) groups is 1. The molecule has 2 heterocycles. The number of ether oxygens (including phenoxy) is 3. The zero-order chi connectivity index (χ0) is 13.0. The highest BCUT2D eigenvalue weighted by atomic mass is 32.1. The predicted octanol–water partition coefficient (Wildman–Crippen LogP) is 1.17. The molecule has 0 atom stereocenters. The third-order valence-electron chi connectivity index (χ3n) is 1.85. The lowest BCUT2D eigenvalue weighted by Gasteiger charge is -2.04. The van der Waals surface area contributed by atoms with Crippen molar-refractivity contribution in [2.75, 3.05) is 14.2 Å². The van der Waals surface area contributed by atoms with Gasteiger partial charge in [0.1, 0.15) is 4.88 Å². The fraction of sp³-hybridized carbons (Fsp3) is 0.200. The molecule has 0 aromatic carbocycles. The summed E-state index contributed by atoms with van der Waals surface area (Å²) in [5.41, 5.74) is 0. The largest absolute Gasteiger partial charge is 0.467 e. The first kappa shape index (κ1) is 12.2. The highest BCUT2D eigenvalue weighted by molar-refractivity contribution is 7.12. The summed E-state index contributed by atoms with van der Waals surface area (Å²) in [5.74, 6) is -0.541. The highest BCUT2D eigenvalue weighted by Gasteiger charge is 2.14. The minimum atomic E-state index is -0.541. The Labute approximate surface area is 106 Å². The summed E-state index contributed by atoms with van der Waals surface area (Å²) in [6.45, 7) is 0. The molecule has 0 amide bonds. The molecule has 2 aromatic heterocycles. The zero-order valence-corrected chi connectivity index (χ0v) is 10.4. The van der Waals surface area contributed by atoms with Gasteiger partial charge in [-0.3, -0.25) is 0 Å². The molecule has 0 bridgehead atoms. The average Bonchev–Trinajstić information content (AvgIpc) is 2.92. The second-order valence-corrected chi connectivity index (χ2v) is 3.91. The number of rotatable bonds is 4. The lowest BCUT2D eigenvalue weighted by Crippen LogP contribution is -2.10. The van der Waals surface area contributed by atoms with Gasteiger partial charge in [-0.25, -0.2) is 4.79 Å². The summed E-state index contributed by atoms with van der Waals surface area (Å²) < 4.78 is 14.7. The van der Waals surface area contributed by atoms with Crippen LogP contribution in [0.15, 0.2) is 17.5 Å². The van der Waals surface area contributed by atoms with Crippen LogP contribution in [0.4, 0.5) is 0 Å². The van der Waals surface area contributed by atoms with Crippen molar-refractivity contribution in [1.82, 2.24) is 15.0 Å². The molecule has 0 saturated heterocycles. The quantitative estimate of drug-likeness (QED) is 0.769. The number of methoxy groups -OCH3 is 2. The van der Waals surface area contributed by atoms with Crippen LogP contribution in [0.1, 0.15) is 9.67 Å². The van der Waals surface area contributed by atoms with Crippen LogP contribution < -0.4 is 14.2 Å². The molecule has 0 N–H and O–H groups in total. The molecule has 94 valence electrons. The van der Waals surface area contributed by atoms with Crippen LogP contribution in [0.3, 0.4) is 0 Å². The molecule has 8 heteroatoms. The number of nitrogens with zero attached hydrogens (tertiary/aromatic N) is 3. The van der Waals surface area contributed by atoms with Crippen LogP contribution in [0.25, 0.3) is 0 Å². The van der Waals surface area contributed by atoms with Crippen molar-refractivity contribution in [3.63, 3.8) is 0 Å². The normalized spacial score (nSPS) is 9.89. The number of carbonyl (C=O) groups excluding carboxylic acids is 1. The lowest BCUT2D eigenvalue weighted by molar-refractivity contribution is 0.0721. The van der Waals surface area contributed by atoms with Gasteiger partial charge in [-0.15, -0.1) is 26.3 Å². The van der Waals surface area contributed by atoms with Crippen LogP contribution in [0, 0.1) is 0 Å². The maximum Gasteiger partial charge on any atom is 0.356 e. The van der Waals surface area contributed by atoms with E-state index >= 15 is 0 Å². The molecule has 0 aliphatic heterocycles. The van der Waals surface area contributed by atoms with E-state index in [1.54, 1.807) is 17.5 Å². The minimum absolute atomic E-state index is 0.0100. The van der Waals surface area contributed by atoms with Crippen molar-refractivity contribution in [3.8, 4) is 18.0 Å². The van der Waals surface area contributed by atoms with Gasteiger partial charge >= 0.3 is 24.0 Å². The summed E-state index contributed by atoms with van der Waals surface area (Å²) >= 11 is 1.26. The van der Waals surface area contributed by atoms with Gasteiger partial charge in [-0.1, -0.05) is 6.07 Å². The van der Waals surface area contributed by atoms with E-state index in [0.717, 1.165) is 0 Å². The van der Waals surface area contributed by atoms with E-state index in [9.17, 15) is 4.79 Å². The minimum Gasteiger partial charge on any atom is -0.467 e. The summed E-state index contributed by atoms with van der Waals surface area (Å²) in [4.78, 5) is 23.5. The molecule has 0 fully saturated rings. The van der Waals surface area contributed by atoms with Gasteiger partial charge in [0.25, 0.3) is 0 Å². The van der Waals surface area contributed by atoms with Crippen molar-refractivity contribution in [2.45, 2.75) is 0 Å². The van der Waals surface area contributed by atoms with Crippen LogP contribution >= 0.6 is 11.3 Å². The predicted molar refractivity (Wildman–Crippen MR) is 62.2 cm³/mol. The van der Waals surface area contributed by atoms with Crippen LogP contribution in [0.5, 0.6) is 18.0 Å². The Morgan fingerprint density at radius 1 is 1.11 bits per heavy atom. The van der Waals surface area contributed by atoms with Crippen molar-refractivity contribution >= 4 is 17.3 Å². The van der Waals surface area contributed by atoms with Crippen LogP contribution in [-0.4, -0.2) is 35.1 Å². The van der Waals surface area contributed by atoms with E-state index in [4.69, 9.17) is 14.2 Å². The van der Waals surface area contributed by atoms with E-state index in [2.05, 4.69) is 15.0 Å². The molecule has 7 nitrogen and oxygen atoms in total. The van der Waals surface area contributed by atoms with Gasteiger partial charge in [0.05, 0.1) is 14.2 Å². The van der Waals surface area contributed by atoms with Gasteiger partial charge in [0.2, 0.25) is 0 Å². The van der Waals surface area contributed by atoms with Crippen LogP contribution in [-0.2, 0) is 0 Å². The topological polar surface area (TPSA) is 83.4 Å². The van der Waals surface area contributed by atoms with Crippen molar-refractivity contribution in [2.24, 2.45) is 0 Å². The monoisotopic (exact) mass is 267 g/mol. The summed E-state index contributed by atoms with van der Waals surface area (Å²) in [6, 6.07) is 3.24. The molecular weight excluding hydrogens is 258 g/mol. The Balaban J connectivity index is 2.20. The molecule has 2 aromatic rings. The Morgan fingerprint density at radius 3 is 2.22 bits per heavy atom. The third-order valence-corrected chi connectivity index (χ3v) is 2.70. The first-order valence-corrected chi connectivity index (χ1v) is 5.70. The van der Waals surface area contributed by atoms with Gasteiger partial charge in [-0.2, -0.15) is 0 Å². The van der Waals surface area contributed by atoms with Crippen molar-refractivity contribution in [1.29, 1.82) is 0 Å². The number of hydrogen-bond donors (Lipinski definition) is 0.